The summed E-state index contributed by atoms with van der Waals surface area (Å²) in [6, 6.07) is 0. The number of rotatable bonds is 7. The Morgan fingerprint density at radius 2 is 2.18 bits per heavy atom. The monoisotopic (exact) mass is 307 g/mol. The second kappa shape index (κ2) is 6.03. The van der Waals surface area contributed by atoms with Crippen molar-refractivity contribution in [1.29, 1.82) is 0 Å². The first kappa shape index (κ1) is 15.5. The summed E-state index contributed by atoms with van der Waals surface area (Å²) in [5.41, 5.74) is -0.593. The Hall–Kier alpha value is -1.36. The highest BCUT2D eigenvalue weighted by Gasteiger charge is 2.67. The molecule has 2 fully saturated rings. The normalized spacial score (nSPS) is 35.3. The van der Waals surface area contributed by atoms with Crippen LogP contribution in [0.15, 0.2) is 12.2 Å². The lowest BCUT2D eigenvalue weighted by molar-refractivity contribution is -0.153. The lowest BCUT2D eigenvalue weighted by atomic mass is 9.77. The molecule has 3 rings (SSSR count). The molecule has 4 atom stereocenters. The van der Waals surface area contributed by atoms with Crippen molar-refractivity contribution < 1.29 is 19.1 Å². The maximum Gasteiger partial charge on any atom is 0.312 e. The van der Waals surface area contributed by atoms with Crippen LogP contribution in [0.1, 0.15) is 39.5 Å². The summed E-state index contributed by atoms with van der Waals surface area (Å²) in [6.45, 7) is 5.90. The van der Waals surface area contributed by atoms with Gasteiger partial charge in [0.05, 0.1) is 25.2 Å². The largest absolute Gasteiger partial charge is 0.465 e. The zero-order valence-electron chi connectivity index (χ0n) is 13.4. The van der Waals surface area contributed by atoms with Crippen LogP contribution in [0.2, 0.25) is 0 Å². The quantitative estimate of drug-likeness (QED) is 0.409. The molecule has 2 bridgehead atoms. The smallest absolute Gasteiger partial charge is 0.312 e. The van der Waals surface area contributed by atoms with Crippen molar-refractivity contribution in [2.24, 2.45) is 11.8 Å². The van der Waals surface area contributed by atoms with Crippen molar-refractivity contribution >= 4 is 11.9 Å². The lowest BCUT2D eigenvalue weighted by Gasteiger charge is -2.22. The topological polar surface area (TPSA) is 55.8 Å². The van der Waals surface area contributed by atoms with Crippen molar-refractivity contribution in [1.82, 2.24) is 4.90 Å². The maximum absolute atomic E-state index is 12.7. The van der Waals surface area contributed by atoms with E-state index in [0.29, 0.717) is 13.2 Å². The Morgan fingerprint density at radius 3 is 2.91 bits per heavy atom. The van der Waals surface area contributed by atoms with Gasteiger partial charge in [-0.2, -0.15) is 0 Å². The molecule has 122 valence electrons. The summed E-state index contributed by atoms with van der Waals surface area (Å²) in [4.78, 5) is 27.0. The molecule has 3 heterocycles. The van der Waals surface area contributed by atoms with Crippen LogP contribution in [0, 0.1) is 11.8 Å². The van der Waals surface area contributed by atoms with Gasteiger partial charge < -0.3 is 14.4 Å². The number of likely N-dealkylation sites (tertiary alicyclic amines) is 1. The molecular formula is C17H25NO4. The Bertz CT molecular complexity index is 489. The number of hydrogen-bond acceptors (Lipinski definition) is 4. The van der Waals surface area contributed by atoms with Gasteiger partial charge in [-0.25, -0.2) is 0 Å². The molecule has 0 aliphatic carbocycles. The number of nitrogens with zero attached hydrogens (tertiary/aromatic N) is 1. The second-order valence-corrected chi connectivity index (χ2v) is 6.53. The van der Waals surface area contributed by atoms with E-state index in [4.69, 9.17) is 9.47 Å². The summed E-state index contributed by atoms with van der Waals surface area (Å²) in [5.74, 6) is -1.09. The molecule has 0 aromatic rings. The van der Waals surface area contributed by atoms with Crippen molar-refractivity contribution in [3.63, 3.8) is 0 Å². The maximum atomic E-state index is 12.7. The molecule has 2 saturated heterocycles. The highest BCUT2D eigenvalue weighted by molar-refractivity contribution is 5.91. The number of hydrogen-bond donors (Lipinski definition) is 0. The number of carbonyl (C=O) groups excluding carboxylic acids is 2. The molecule has 1 spiro atoms. The number of ether oxygens (including phenoxy) is 2. The highest BCUT2D eigenvalue weighted by atomic mass is 16.6. The molecule has 0 N–H and O–H groups in total. The van der Waals surface area contributed by atoms with Crippen LogP contribution in [0.3, 0.4) is 0 Å². The van der Waals surface area contributed by atoms with E-state index in [1.807, 2.05) is 17.1 Å². The van der Waals surface area contributed by atoms with Crippen LogP contribution in [0.4, 0.5) is 0 Å². The van der Waals surface area contributed by atoms with Crippen LogP contribution >= 0.6 is 0 Å². The zero-order valence-corrected chi connectivity index (χ0v) is 13.4. The van der Waals surface area contributed by atoms with Crippen LogP contribution in [-0.4, -0.2) is 48.2 Å². The molecule has 0 radical (unpaired) electrons. The van der Waals surface area contributed by atoms with Crippen LogP contribution in [-0.2, 0) is 19.1 Å². The van der Waals surface area contributed by atoms with Gasteiger partial charge in [0.1, 0.15) is 11.5 Å². The Balaban J connectivity index is 1.73. The van der Waals surface area contributed by atoms with E-state index in [9.17, 15) is 9.59 Å². The first-order valence-corrected chi connectivity index (χ1v) is 8.45. The van der Waals surface area contributed by atoms with Crippen LogP contribution in [0.5, 0.6) is 0 Å². The van der Waals surface area contributed by atoms with Gasteiger partial charge in [-0.05, 0) is 12.8 Å². The van der Waals surface area contributed by atoms with Gasteiger partial charge in [0.25, 0.3) is 0 Å². The minimum atomic E-state index is -0.593. The standard InChI is InChI=1S/C17H25NO4/c1-3-5-9-18-11-17-8-7-12(22-17)13(14(17)15(18)19)16(20)21-10-6-4-2/h7-8,12-14H,3-6,9-11H2,1-2H3/t12-,13?,14+,17-/m1/s1. The molecule has 0 aromatic carbocycles. The summed E-state index contributed by atoms with van der Waals surface area (Å²) in [7, 11) is 0. The molecule has 1 unspecified atom stereocenters. The minimum absolute atomic E-state index is 0.0535. The highest BCUT2D eigenvalue weighted by Crippen LogP contribution is 2.52. The third kappa shape index (κ3) is 2.35. The third-order valence-corrected chi connectivity index (χ3v) is 4.97. The zero-order chi connectivity index (χ0) is 15.7. The molecule has 3 aliphatic rings. The fourth-order valence-electron chi connectivity index (χ4n) is 3.80. The van der Waals surface area contributed by atoms with Gasteiger partial charge >= 0.3 is 5.97 Å². The van der Waals surface area contributed by atoms with E-state index in [1.54, 1.807) is 0 Å². The Kier molecular flexibility index (Phi) is 4.26. The van der Waals surface area contributed by atoms with Crippen molar-refractivity contribution in [3.05, 3.63) is 12.2 Å². The first-order chi connectivity index (χ1) is 10.6. The summed E-state index contributed by atoms with van der Waals surface area (Å²) < 4.78 is 11.4. The summed E-state index contributed by atoms with van der Waals surface area (Å²) in [6.07, 6.45) is 7.48. The van der Waals surface area contributed by atoms with E-state index < -0.39 is 17.4 Å². The Morgan fingerprint density at radius 1 is 1.41 bits per heavy atom. The number of carbonyl (C=O) groups is 2. The SMILES string of the molecule is CCCCOC(=O)C1[C@H]2C(=O)N(CCCC)C[C@]23C=C[C@H]1O3. The molecule has 5 heteroatoms. The van der Waals surface area contributed by atoms with Crippen molar-refractivity contribution in [2.45, 2.75) is 51.2 Å². The molecule has 22 heavy (non-hydrogen) atoms. The third-order valence-electron chi connectivity index (χ3n) is 4.97. The second-order valence-electron chi connectivity index (χ2n) is 6.53. The molecule has 3 aliphatic heterocycles. The van der Waals surface area contributed by atoms with E-state index >= 15 is 0 Å². The molecule has 1 amide bonds. The van der Waals surface area contributed by atoms with Gasteiger partial charge in [-0.15, -0.1) is 0 Å². The average Bonchev–Trinajstić information content (AvgIpc) is 3.14. The van der Waals surface area contributed by atoms with Gasteiger partial charge in [-0.3, -0.25) is 9.59 Å². The number of unbranched alkanes of at least 4 members (excludes halogenated alkanes) is 2. The van der Waals surface area contributed by atoms with Gasteiger partial charge in [0.15, 0.2) is 0 Å². The first-order valence-electron chi connectivity index (χ1n) is 8.45. The van der Waals surface area contributed by atoms with Gasteiger partial charge in [-0.1, -0.05) is 38.8 Å². The van der Waals surface area contributed by atoms with Crippen molar-refractivity contribution in [2.75, 3.05) is 19.7 Å². The predicted octanol–water partition coefficient (Wildman–Crippen LogP) is 1.91. The summed E-state index contributed by atoms with van der Waals surface area (Å²) in [5, 5.41) is 0. The molecular weight excluding hydrogens is 282 g/mol. The molecule has 0 saturated carbocycles. The molecule has 5 nitrogen and oxygen atoms in total. The fraction of sp³-hybridized carbons (Fsp3) is 0.765. The van der Waals surface area contributed by atoms with Crippen LogP contribution in [0.25, 0.3) is 0 Å². The fourth-order valence-corrected chi connectivity index (χ4v) is 3.80. The number of amides is 1. The van der Waals surface area contributed by atoms with E-state index in [0.717, 1.165) is 32.2 Å². The van der Waals surface area contributed by atoms with Crippen LogP contribution < -0.4 is 0 Å². The van der Waals surface area contributed by atoms with Gasteiger partial charge in [0, 0.05) is 6.54 Å². The van der Waals surface area contributed by atoms with E-state index in [2.05, 4.69) is 13.8 Å². The van der Waals surface area contributed by atoms with E-state index in [1.165, 1.54) is 0 Å². The average molecular weight is 307 g/mol. The lowest BCUT2D eigenvalue weighted by Crippen LogP contribution is -2.40. The van der Waals surface area contributed by atoms with Gasteiger partial charge in [0.2, 0.25) is 5.91 Å². The van der Waals surface area contributed by atoms with E-state index in [-0.39, 0.29) is 18.0 Å². The number of fused-ring (bicyclic) bond motifs is 1. The number of esters is 1. The minimum Gasteiger partial charge on any atom is -0.465 e. The predicted molar refractivity (Wildman–Crippen MR) is 81.1 cm³/mol. The molecule has 0 aromatic heterocycles. The Labute approximate surface area is 131 Å². The summed E-state index contributed by atoms with van der Waals surface area (Å²) >= 11 is 0. The van der Waals surface area contributed by atoms with Crippen molar-refractivity contribution in [3.8, 4) is 0 Å².